The van der Waals surface area contributed by atoms with Crippen LogP contribution in [0, 0.1) is 17.1 Å². The largest absolute Gasteiger partial charge is 0.398 e. The van der Waals surface area contributed by atoms with Gasteiger partial charge in [-0.3, -0.25) is 0 Å². The Labute approximate surface area is 112 Å². The zero-order chi connectivity index (χ0) is 13.1. The summed E-state index contributed by atoms with van der Waals surface area (Å²) in [5, 5.41) is 11.8. The number of nitrogen functional groups attached to an aromatic ring is 1. The van der Waals surface area contributed by atoms with Crippen molar-refractivity contribution in [2.45, 2.75) is 0 Å². The van der Waals surface area contributed by atoms with Crippen LogP contribution in [0.1, 0.15) is 5.56 Å². The molecule has 2 aromatic rings. The van der Waals surface area contributed by atoms with E-state index in [1.807, 2.05) is 6.07 Å². The van der Waals surface area contributed by atoms with Crippen molar-refractivity contribution in [3.8, 4) is 6.07 Å². The second-order valence-corrected chi connectivity index (χ2v) is 4.52. The van der Waals surface area contributed by atoms with Crippen molar-refractivity contribution in [3.63, 3.8) is 0 Å². The molecular formula is C13H9BrFN3. The molecule has 3 nitrogen and oxygen atoms in total. The van der Waals surface area contributed by atoms with E-state index >= 15 is 0 Å². The van der Waals surface area contributed by atoms with Crippen molar-refractivity contribution in [2.24, 2.45) is 0 Å². The maximum atomic E-state index is 13.1. The lowest BCUT2D eigenvalue weighted by Crippen LogP contribution is -1.96. The van der Waals surface area contributed by atoms with Crippen LogP contribution in [0.5, 0.6) is 0 Å². The molecule has 0 aliphatic rings. The summed E-state index contributed by atoms with van der Waals surface area (Å²) >= 11 is 3.32. The predicted octanol–water partition coefficient (Wildman–Crippen LogP) is 3.79. The molecule has 0 saturated carbocycles. The topological polar surface area (TPSA) is 61.8 Å². The average Bonchev–Trinajstić information content (AvgIpc) is 2.34. The highest BCUT2D eigenvalue weighted by molar-refractivity contribution is 9.10. The third-order valence-electron chi connectivity index (χ3n) is 2.38. The number of hydrogen-bond acceptors (Lipinski definition) is 3. The van der Waals surface area contributed by atoms with E-state index in [1.54, 1.807) is 24.3 Å². The molecule has 2 rings (SSSR count). The molecule has 0 unspecified atom stereocenters. The molecule has 0 aliphatic heterocycles. The van der Waals surface area contributed by atoms with Gasteiger partial charge in [-0.2, -0.15) is 5.26 Å². The third kappa shape index (κ3) is 2.60. The lowest BCUT2D eigenvalue weighted by atomic mass is 10.1. The van der Waals surface area contributed by atoms with Crippen LogP contribution in [-0.2, 0) is 0 Å². The lowest BCUT2D eigenvalue weighted by Gasteiger charge is -2.09. The molecule has 0 atom stereocenters. The molecule has 0 bridgehead atoms. The van der Waals surface area contributed by atoms with Crippen molar-refractivity contribution >= 4 is 33.0 Å². The first-order valence-corrected chi connectivity index (χ1v) is 5.91. The van der Waals surface area contributed by atoms with Gasteiger partial charge in [0.25, 0.3) is 0 Å². The normalized spacial score (nSPS) is 9.83. The van der Waals surface area contributed by atoms with Crippen molar-refractivity contribution in [1.29, 1.82) is 5.26 Å². The van der Waals surface area contributed by atoms with Crippen LogP contribution in [0.3, 0.4) is 0 Å². The summed E-state index contributed by atoms with van der Waals surface area (Å²) in [6, 6.07) is 11.3. The van der Waals surface area contributed by atoms with Crippen LogP contribution in [0.4, 0.5) is 21.5 Å². The smallest absolute Gasteiger partial charge is 0.125 e. The molecule has 2 aromatic carbocycles. The Morgan fingerprint density at radius 2 is 2.00 bits per heavy atom. The minimum atomic E-state index is -0.331. The first-order chi connectivity index (χ1) is 8.60. The van der Waals surface area contributed by atoms with Gasteiger partial charge >= 0.3 is 0 Å². The van der Waals surface area contributed by atoms with Crippen LogP contribution in [-0.4, -0.2) is 0 Å². The van der Waals surface area contributed by atoms with Gasteiger partial charge in [0.05, 0.1) is 16.9 Å². The summed E-state index contributed by atoms with van der Waals surface area (Å²) in [4.78, 5) is 0. The number of nitrogens with two attached hydrogens (primary N) is 1. The van der Waals surface area contributed by atoms with Gasteiger partial charge in [-0.05, 0) is 52.3 Å². The van der Waals surface area contributed by atoms with E-state index in [9.17, 15) is 4.39 Å². The first kappa shape index (κ1) is 12.4. The van der Waals surface area contributed by atoms with E-state index in [4.69, 9.17) is 11.0 Å². The van der Waals surface area contributed by atoms with Gasteiger partial charge in [-0.15, -0.1) is 0 Å². The molecule has 5 heteroatoms. The summed E-state index contributed by atoms with van der Waals surface area (Å²) < 4.78 is 13.9. The van der Waals surface area contributed by atoms with E-state index in [-0.39, 0.29) is 5.82 Å². The molecular weight excluding hydrogens is 297 g/mol. The maximum Gasteiger partial charge on any atom is 0.125 e. The fraction of sp³-hybridized carbons (Fsp3) is 0. The Bertz CT molecular complexity index is 635. The van der Waals surface area contributed by atoms with Crippen molar-refractivity contribution in [3.05, 3.63) is 52.3 Å². The number of benzene rings is 2. The first-order valence-electron chi connectivity index (χ1n) is 5.12. The van der Waals surface area contributed by atoms with Crippen LogP contribution in [0.25, 0.3) is 0 Å². The third-order valence-corrected chi connectivity index (χ3v) is 3.07. The molecule has 0 radical (unpaired) electrons. The molecule has 0 amide bonds. The molecule has 90 valence electrons. The summed E-state index contributed by atoms with van der Waals surface area (Å²) in [7, 11) is 0. The zero-order valence-electron chi connectivity index (χ0n) is 9.24. The van der Waals surface area contributed by atoms with Gasteiger partial charge in [0, 0.05) is 10.2 Å². The Hall–Kier alpha value is -2.06. The molecule has 0 fully saturated rings. The summed E-state index contributed by atoms with van der Waals surface area (Å²) in [6.45, 7) is 0. The highest BCUT2D eigenvalue weighted by Crippen LogP contribution is 2.28. The van der Waals surface area contributed by atoms with Crippen LogP contribution in [0.15, 0.2) is 40.9 Å². The Kier molecular flexibility index (Phi) is 3.49. The van der Waals surface area contributed by atoms with Gasteiger partial charge in [-0.1, -0.05) is 0 Å². The number of rotatable bonds is 2. The number of hydrogen-bond donors (Lipinski definition) is 2. The van der Waals surface area contributed by atoms with E-state index in [0.717, 1.165) is 4.47 Å². The fourth-order valence-corrected chi connectivity index (χ4v) is 1.84. The Morgan fingerprint density at radius 1 is 1.22 bits per heavy atom. The lowest BCUT2D eigenvalue weighted by molar-refractivity contribution is 0.628. The molecule has 0 saturated heterocycles. The van der Waals surface area contributed by atoms with Crippen molar-refractivity contribution in [2.75, 3.05) is 11.1 Å². The second kappa shape index (κ2) is 5.07. The second-order valence-electron chi connectivity index (χ2n) is 3.66. The molecule has 0 spiro atoms. The summed E-state index contributed by atoms with van der Waals surface area (Å²) in [5.74, 6) is -0.331. The van der Waals surface area contributed by atoms with Crippen molar-refractivity contribution in [1.82, 2.24) is 0 Å². The van der Waals surface area contributed by atoms with Gasteiger partial charge in [0.15, 0.2) is 0 Å². The predicted molar refractivity (Wildman–Crippen MR) is 73.0 cm³/mol. The number of anilines is 3. The number of nitrogens with one attached hydrogen (secondary N) is 1. The molecule has 0 heterocycles. The van der Waals surface area contributed by atoms with Gasteiger partial charge in [0.2, 0.25) is 0 Å². The number of halogens is 2. The summed E-state index contributed by atoms with van der Waals surface area (Å²) in [5.41, 5.74) is 7.79. The van der Waals surface area contributed by atoms with Gasteiger partial charge in [0.1, 0.15) is 11.9 Å². The molecule has 0 aromatic heterocycles. The highest BCUT2D eigenvalue weighted by atomic mass is 79.9. The van der Waals surface area contributed by atoms with E-state index < -0.39 is 0 Å². The molecule has 18 heavy (non-hydrogen) atoms. The molecule has 0 aliphatic carbocycles. The van der Waals surface area contributed by atoms with Gasteiger partial charge < -0.3 is 11.1 Å². The quantitative estimate of drug-likeness (QED) is 0.830. The minimum Gasteiger partial charge on any atom is -0.398 e. The standard InChI is InChI=1S/C13H9BrFN3/c14-11-4-2-9(15)5-13(11)18-10-3-1-8(7-16)12(17)6-10/h1-6,18H,17H2. The Morgan fingerprint density at radius 3 is 2.67 bits per heavy atom. The van der Waals surface area contributed by atoms with Crippen LogP contribution < -0.4 is 11.1 Å². The van der Waals surface area contributed by atoms with Crippen LogP contribution in [0.2, 0.25) is 0 Å². The monoisotopic (exact) mass is 305 g/mol. The highest BCUT2D eigenvalue weighted by Gasteiger charge is 2.04. The van der Waals surface area contributed by atoms with Gasteiger partial charge in [-0.25, -0.2) is 4.39 Å². The Balaban J connectivity index is 2.32. The van der Waals surface area contributed by atoms with Crippen LogP contribution >= 0.6 is 15.9 Å². The van der Waals surface area contributed by atoms with E-state index in [2.05, 4.69) is 21.2 Å². The number of nitrogens with zero attached hydrogens (tertiary/aromatic N) is 1. The zero-order valence-corrected chi connectivity index (χ0v) is 10.8. The average molecular weight is 306 g/mol. The number of nitriles is 1. The minimum absolute atomic E-state index is 0.331. The fourth-order valence-electron chi connectivity index (χ4n) is 1.49. The van der Waals surface area contributed by atoms with E-state index in [0.29, 0.717) is 22.6 Å². The summed E-state index contributed by atoms with van der Waals surface area (Å²) in [6.07, 6.45) is 0. The SMILES string of the molecule is N#Cc1ccc(Nc2cc(F)ccc2Br)cc1N. The molecule has 3 N–H and O–H groups in total. The maximum absolute atomic E-state index is 13.1. The van der Waals surface area contributed by atoms with E-state index in [1.165, 1.54) is 12.1 Å². The van der Waals surface area contributed by atoms with Crippen molar-refractivity contribution < 1.29 is 4.39 Å².